The number of amides is 1. The van der Waals surface area contributed by atoms with Gasteiger partial charge in [0.25, 0.3) is 0 Å². The SMILES string of the molecule is CCCCCCCCCCCCCCOc1ccc(CCCN(C(C)=O)c2cccc(C[n+]3csc(C)c3)c2)cc1.[Br-]. The van der Waals surface area contributed by atoms with Gasteiger partial charge in [-0.05, 0) is 56.0 Å². The summed E-state index contributed by atoms with van der Waals surface area (Å²) >= 11 is 1.75. The number of benzene rings is 2. The van der Waals surface area contributed by atoms with Crippen molar-refractivity contribution >= 4 is 22.9 Å². The Hall–Kier alpha value is -2.18. The fourth-order valence-corrected chi connectivity index (χ4v) is 5.99. The summed E-state index contributed by atoms with van der Waals surface area (Å²) in [5.41, 5.74) is 5.60. The second-order valence-corrected chi connectivity index (χ2v) is 12.6. The van der Waals surface area contributed by atoms with Crippen LogP contribution in [0, 0.1) is 6.92 Å². The Kier molecular flexibility index (Phi) is 18.4. The lowest BCUT2D eigenvalue weighted by molar-refractivity contribution is -0.683. The average Bonchev–Trinajstić information content (AvgIpc) is 3.38. The van der Waals surface area contributed by atoms with Gasteiger partial charge in [0, 0.05) is 24.7 Å². The molecule has 0 bridgehead atoms. The van der Waals surface area contributed by atoms with Crippen molar-refractivity contribution < 1.29 is 31.1 Å². The van der Waals surface area contributed by atoms with Crippen LogP contribution in [0.15, 0.2) is 60.2 Å². The lowest BCUT2D eigenvalue weighted by Gasteiger charge is -2.21. The van der Waals surface area contributed by atoms with Crippen molar-refractivity contribution in [3.63, 3.8) is 0 Å². The van der Waals surface area contributed by atoms with Crippen molar-refractivity contribution in [2.24, 2.45) is 0 Å². The number of hydrogen-bond acceptors (Lipinski definition) is 3. The first kappa shape index (κ1) is 36.0. The summed E-state index contributed by atoms with van der Waals surface area (Å²) in [6.45, 7) is 8.39. The summed E-state index contributed by atoms with van der Waals surface area (Å²) in [6.07, 6.45) is 20.3. The van der Waals surface area contributed by atoms with Crippen LogP contribution in [0.25, 0.3) is 0 Å². The summed E-state index contributed by atoms with van der Waals surface area (Å²) in [5, 5.41) is 0. The van der Waals surface area contributed by atoms with Crippen LogP contribution in [0.2, 0.25) is 0 Å². The molecule has 2 aromatic carbocycles. The molecule has 0 saturated carbocycles. The second-order valence-electron chi connectivity index (χ2n) is 11.5. The number of unbranched alkanes of at least 4 members (excludes halogenated alkanes) is 11. The highest BCUT2D eigenvalue weighted by Gasteiger charge is 2.13. The number of halogens is 1. The maximum atomic E-state index is 12.5. The standard InChI is InChI=1S/C36H53N2O2S.BrH/c1-4-5-6-7-8-9-10-11-12-13-14-15-26-40-36-23-21-33(22-24-36)19-17-25-38(32(3)39)35-20-16-18-34(27-35)29-37-28-31(2)41-30-37;/h16,18,20-24,27-28,30H,4-15,17,19,25-26,29H2,1-3H3;1H/q+1;/p-1. The molecule has 0 aliphatic rings. The van der Waals surface area contributed by atoms with E-state index in [-0.39, 0.29) is 22.9 Å². The van der Waals surface area contributed by atoms with Crippen LogP contribution in [0.5, 0.6) is 5.75 Å². The monoisotopic (exact) mass is 656 g/mol. The van der Waals surface area contributed by atoms with Gasteiger partial charge in [-0.2, -0.15) is 4.57 Å². The molecule has 3 rings (SSSR count). The molecule has 4 nitrogen and oxygen atoms in total. The van der Waals surface area contributed by atoms with E-state index in [1.807, 2.05) is 11.0 Å². The van der Waals surface area contributed by atoms with Gasteiger partial charge in [0.15, 0.2) is 12.7 Å². The van der Waals surface area contributed by atoms with Crippen molar-refractivity contribution in [3.8, 4) is 5.75 Å². The lowest BCUT2D eigenvalue weighted by atomic mass is 10.1. The first-order chi connectivity index (χ1) is 20.0. The van der Waals surface area contributed by atoms with Crippen LogP contribution in [0.1, 0.15) is 113 Å². The number of aromatic nitrogens is 1. The predicted octanol–water partition coefficient (Wildman–Crippen LogP) is 6.46. The van der Waals surface area contributed by atoms with Crippen LogP contribution < -0.4 is 31.2 Å². The molecule has 0 saturated heterocycles. The number of anilines is 1. The quantitative estimate of drug-likeness (QED) is 0.0974. The Morgan fingerprint density at radius 1 is 0.833 bits per heavy atom. The molecular weight excluding hydrogens is 604 g/mol. The Morgan fingerprint density at radius 3 is 2.07 bits per heavy atom. The molecule has 6 heteroatoms. The molecule has 0 atom stereocenters. The normalized spacial score (nSPS) is 10.8. The van der Waals surface area contributed by atoms with E-state index in [2.05, 4.69) is 72.6 Å². The highest BCUT2D eigenvalue weighted by molar-refractivity contribution is 7.09. The number of carbonyl (C=O) groups is 1. The third-order valence-corrected chi connectivity index (χ3v) is 8.58. The minimum Gasteiger partial charge on any atom is -1.00 e. The molecule has 0 radical (unpaired) electrons. The van der Waals surface area contributed by atoms with Gasteiger partial charge in [0.05, 0.1) is 11.5 Å². The summed E-state index contributed by atoms with van der Waals surface area (Å²) in [4.78, 5) is 15.7. The number of rotatable bonds is 21. The van der Waals surface area contributed by atoms with Crippen LogP contribution in [0.3, 0.4) is 0 Å². The predicted molar refractivity (Wildman–Crippen MR) is 174 cm³/mol. The Labute approximate surface area is 270 Å². The van der Waals surface area contributed by atoms with Crippen molar-refractivity contribution in [1.29, 1.82) is 0 Å². The zero-order valence-corrected chi connectivity index (χ0v) is 28.7. The summed E-state index contributed by atoms with van der Waals surface area (Å²) in [6, 6.07) is 16.9. The number of carbonyl (C=O) groups excluding carboxylic acids is 1. The van der Waals surface area contributed by atoms with Crippen LogP contribution in [-0.2, 0) is 17.8 Å². The van der Waals surface area contributed by atoms with E-state index in [1.54, 1.807) is 18.3 Å². The van der Waals surface area contributed by atoms with E-state index in [0.29, 0.717) is 6.54 Å². The zero-order chi connectivity index (χ0) is 29.1. The van der Waals surface area contributed by atoms with Gasteiger partial charge in [-0.25, -0.2) is 0 Å². The lowest BCUT2D eigenvalue weighted by Crippen LogP contribution is -3.00. The molecule has 0 fully saturated rings. The van der Waals surface area contributed by atoms with Gasteiger partial charge in [0.2, 0.25) is 11.4 Å². The van der Waals surface area contributed by atoms with E-state index < -0.39 is 0 Å². The number of nitrogens with zero attached hydrogens (tertiary/aromatic N) is 2. The first-order valence-electron chi connectivity index (χ1n) is 16.1. The molecule has 0 aliphatic carbocycles. The Bertz CT molecular complexity index is 1130. The number of aryl methyl sites for hydroxylation is 2. The smallest absolute Gasteiger partial charge is 0.225 e. The zero-order valence-electron chi connectivity index (χ0n) is 26.3. The molecule has 1 amide bonds. The summed E-state index contributed by atoms with van der Waals surface area (Å²) < 4.78 is 8.18. The van der Waals surface area contributed by atoms with E-state index >= 15 is 0 Å². The van der Waals surface area contributed by atoms with Gasteiger partial charge in [-0.1, -0.05) is 113 Å². The summed E-state index contributed by atoms with van der Waals surface area (Å²) in [7, 11) is 0. The van der Waals surface area contributed by atoms with Crippen LogP contribution in [0.4, 0.5) is 5.69 Å². The molecule has 3 aromatic rings. The van der Waals surface area contributed by atoms with Gasteiger partial charge >= 0.3 is 0 Å². The molecule has 1 heterocycles. The highest BCUT2D eigenvalue weighted by atomic mass is 79.9. The van der Waals surface area contributed by atoms with E-state index in [0.717, 1.165) is 43.9 Å². The van der Waals surface area contributed by atoms with Crippen molar-refractivity contribution in [2.75, 3.05) is 18.1 Å². The number of hydrogen-bond donors (Lipinski definition) is 0. The Morgan fingerprint density at radius 2 is 1.48 bits per heavy atom. The molecule has 0 unspecified atom stereocenters. The maximum absolute atomic E-state index is 12.5. The van der Waals surface area contributed by atoms with Crippen molar-refractivity contribution in [1.82, 2.24) is 0 Å². The van der Waals surface area contributed by atoms with E-state index in [9.17, 15) is 4.79 Å². The minimum absolute atomic E-state index is 0. The molecule has 0 spiro atoms. The molecule has 232 valence electrons. The van der Waals surface area contributed by atoms with Gasteiger partial charge in [-0.3, -0.25) is 4.79 Å². The fraction of sp³-hybridized carbons (Fsp3) is 0.556. The molecule has 0 aliphatic heterocycles. The van der Waals surface area contributed by atoms with Gasteiger partial charge < -0.3 is 26.6 Å². The van der Waals surface area contributed by atoms with Gasteiger partial charge in [-0.15, -0.1) is 0 Å². The van der Waals surface area contributed by atoms with Crippen molar-refractivity contribution in [3.05, 3.63) is 76.2 Å². The third-order valence-electron chi connectivity index (χ3n) is 7.73. The minimum atomic E-state index is 0. The van der Waals surface area contributed by atoms with E-state index in [4.69, 9.17) is 4.74 Å². The largest absolute Gasteiger partial charge is 1.00 e. The number of thiazole rings is 1. The molecule has 42 heavy (non-hydrogen) atoms. The van der Waals surface area contributed by atoms with Crippen LogP contribution in [-0.4, -0.2) is 19.1 Å². The average molecular weight is 658 g/mol. The molecule has 0 N–H and O–H groups in total. The second kappa shape index (κ2) is 21.5. The third kappa shape index (κ3) is 14.3. The van der Waals surface area contributed by atoms with Gasteiger partial charge in [0.1, 0.15) is 5.75 Å². The Balaban J connectivity index is 0.00000616. The van der Waals surface area contributed by atoms with Crippen LogP contribution >= 0.6 is 11.3 Å². The number of ether oxygens (including phenoxy) is 1. The maximum Gasteiger partial charge on any atom is 0.225 e. The van der Waals surface area contributed by atoms with Crippen molar-refractivity contribution in [2.45, 2.75) is 117 Å². The highest BCUT2D eigenvalue weighted by Crippen LogP contribution is 2.19. The molecule has 1 aromatic heterocycles. The van der Waals surface area contributed by atoms with E-state index in [1.165, 1.54) is 86.6 Å². The topological polar surface area (TPSA) is 33.4 Å². The first-order valence-corrected chi connectivity index (χ1v) is 17.0. The fourth-order valence-electron chi connectivity index (χ4n) is 5.36. The molecular formula is C36H53BrN2O2S. The summed E-state index contributed by atoms with van der Waals surface area (Å²) in [5.74, 6) is 1.04.